The molecule has 0 radical (unpaired) electrons. The number of hydrogen-bond acceptors (Lipinski definition) is 8. The smallest absolute Gasteiger partial charge is 0.344 e. The fraction of sp³-hybridized carbons (Fsp3) is 0.647. The first kappa shape index (κ1) is 17.4. The molecule has 1 atom stereocenters. The van der Waals surface area contributed by atoms with Crippen LogP contribution in [0.1, 0.15) is 44.9 Å². The highest BCUT2D eigenvalue weighted by Crippen LogP contribution is 2.43. The third kappa shape index (κ3) is 3.12. The molecule has 1 spiro atoms. The topological polar surface area (TPSA) is 100 Å². The molecule has 0 amide bonds. The molecule has 1 saturated heterocycles. The number of ether oxygens (including phenoxy) is 4. The highest BCUT2D eigenvalue weighted by Gasteiger charge is 2.58. The second kappa shape index (κ2) is 6.85. The summed E-state index contributed by atoms with van der Waals surface area (Å²) in [4.78, 5) is 40.9. The minimum atomic E-state index is -1.65. The highest BCUT2D eigenvalue weighted by atomic mass is 16.7. The van der Waals surface area contributed by atoms with E-state index in [-0.39, 0.29) is 35.9 Å². The Morgan fingerprint density at radius 2 is 1.76 bits per heavy atom. The minimum absolute atomic E-state index is 0.00504. The lowest BCUT2D eigenvalue weighted by atomic mass is 9.96. The summed E-state index contributed by atoms with van der Waals surface area (Å²) in [7, 11) is 2.39. The number of methoxy groups -OCH3 is 2. The quantitative estimate of drug-likeness (QED) is 0.560. The Balaban J connectivity index is 2.08. The fourth-order valence-electron chi connectivity index (χ4n) is 3.47. The number of hydrogen-bond donors (Lipinski definition) is 0. The van der Waals surface area contributed by atoms with Gasteiger partial charge in [-0.2, -0.15) is 0 Å². The first-order valence-corrected chi connectivity index (χ1v) is 8.41. The molecule has 0 aromatic rings. The summed E-state index contributed by atoms with van der Waals surface area (Å²) < 4.78 is 20.7. The molecule has 2 aliphatic heterocycles. The van der Waals surface area contributed by atoms with E-state index in [0.29, 0.717) is 0 Å². The average molecular weight is 351 g/mol. The number of rotatable bonds is 3. The molecule has 8 heteroatoms. The van der Waals surface area contributed by atoms with E-state index in [2.05, 4.69) is 4.99 Å². The van der Waals surface area contributed by atoms with E-state index in [9.17, 15) is 14.4 Å². The van der Waals surface area contributed by atoms with Crippen LogP contribution in [0.5, 0.6) is 0 Å². The van der Waals surface area contributed by atoms with Crippen LogP contribution >= 0.6 is 0 Å². The molecular formula is C17H21NO7. The molecule has 8 nitrogen and oxygen atoms in total. The average Bonchev–Trinajstić information content (AvgIpc) is 3.14. The molecule has 1 saturated carbocycles. The Bertz CT molecular complexity index is 660. The van der Waals surface area contributed by atoms with E-state index in [0.717, 1.165) is 32.1 Å². The molecule has 0 aromatic carbocycles. The van der Waals surface area contributed by atoms with Gasteiger partial charge in [0.1, 0.15) is 11.1 Å². The van der Waals surface area contributed by atoms with Crippen molar-refractivity contribution in [3.63, 3.8) is 0 Å². The van der Waals surface area contributed by atoms with Crippen LogP contribution in [-0.2, 0) is 33.3 Å². The number of carbonyl (C=O) groups excluding carboxylic acids is 3. The Hall–Kier alpha value is -2.38. The molecule has 1 unspecified atom stereocenters. The molecular weight excluding hydrogens is 330 g/mol. The van der Waals surface area contributed by atoms with Crippen molar-refractivity contribution >= 4 is 23.8 Å². The maximum Gasteiger partial charge on any atom is 0.344 e. The van der Waals surface area contributed by atoms with Crippen molar-refractivity contribution in [2.75, 3.05) is 14.2 Å². The molecule has 0 bridgehead atoms. The maximum atomic E-state index is 12.3. The first-order chi connectivity index (χ1) is 12.0. The lowest BCUT2D eigenvalue weighted by Gasteiger charge is -2.24. The zero-order chi connectivity index (χ0) is 18.0. The summed E-state index contributed by atoms with van der Waals surface area (Å²) >= 11 is 0. The zero-order valence-electron chi connectivity index (χ0n) is 14.3. The van der Waals surface area contributed by atoms with Gasteiger partial charge in [0, 0.05) is 6.42 Å². The van der Waals surface area contributed by atoms with Gasteiger partial charge in [-0.15, -0.1) is 0 Å². The monoisotopic (exact) mass is 351 g/mol. The van der Waals surface area contributed by atoms with Gasteiger partial charge in [0.15, 0.2) is 0 Å². The molecule has 2 heterocycles. The summed E-state index contributed by atoms with van der Waals surface area (Å²) in [6.07, 6.45) is 5.18. The Kier molecular flexibility index (Phi) is 4.78. The highest BCUT2D eigenvalue weighted by molar-refractivity contribution is 6.23. The van der Waals surface area contributed by atoms with Gasteiger partial charge in [0.2, 0.25) is 5.90 Å². The molecule has 0 aromatic heterocycles. The van der Waals surface area contributed by atoms with E-state index < -0.39 is 23.7 Å². The van der Waals surface area contributed by atoms with Crippen LogP contribution in [0.2, 0.25) is 0 Å². The van der Waals surface area contributed by atoms with Crippen LogP contribution in [-0.4, -0.2) is 49.9 Å². The molecule has 3 aliphatic rings. The van der Waals surface area contributed by atoms with Gasteiger partial charge in [-0.1, -0.05) is 19.3 Å². The third-order valence-corrected chi connectivity index (χ3v) is 4.70. The van der Waals surface area contributed by atoms with E-state index in [1.165, 1.54) is 14.2 Å². The summed E-state index contributed by atoms with van der Waals surface area (Å²) in [5.41, 5.74) is -0.267. The predicted molar refractivity (Wildman–Crippen MR) is 84.5 cm³/mol. The third-order valence-electron chi connectivity index (χ3n) is 4.70. The van der Waals surface area contributed by atoms with Crippen LogP contribution in [0.4, 0.5) is 0 Å². The van der Waals surface area contributed by atoms with Gasteiger partial charge in [0.05, 0.1) is 26.7 Å². The van der Waals surface area contributed by atoms with Gasteiger partial charge in [-0.05, 0) is 12.8 Å². The normalized spacial score (nSPS) is 28.2. The van der Waals surface area contributed by atoms with Gasteiger partial charge in [-0.3, -0.25) is 4.79 Å². The van der Waals surface area contributed by atoms with Crippen molar-refractivity contribution in [3.05, 3.63) is 11.1 Å². The second-order valence-electron chi connectivity index (χ2n) is 6.29. The molecule has 0 N–H and O–H groups in total. The molecule has 1 aliphatic carbocycles. The number of aliphatic imine (C=N–C) groups is 1. The van der Waals surface area contributed by atoms with Crippen LogP contribution in [0, 0.1) is 0 Å². The molecule has 2 fully saturated rings. The van der Waals surface area contributed by atoms with Crippen LogP contribution in [0.25, 0.3) is 0 Å². The second-order valence-corrected chi connectivity index (χ2v) is 6.29. The lowest BCUT2D eigenvalue weighted by Crippen LogP contribution is -2.35. The van der Waals surface area contributed by atoms with E-state index >= 15 is 0 Å². The summed E-state index contributed by atoms with van der Waals surface area (Å²) in [6, 6.07) is -0.00504. The summed E-state index contributed by atoms with van der Waals surface area (Å²) in [5, 5.41) is 0. The van der Waals surface area contributed by atoms with Crippen LogP contribution in [0.15, 0.2) is 16.1 Å². The van der Waals surface area contributed by atoms with Crippen molar-refractivity contribution in [1.29, 1.82) is 0 Å². The van der Waals surface area contributed by atoms with Crippen molar-refractivity contribution in [2.45, 2.75) is 56.8 Å². The van der Waals surface area contributed by atoms with E-state index in [1.807, 2.05) is 0 Å². The van der Waals surface area contributed by atoms with E-state index in [1.54, 1.807) is 0 Å². The van der Waals surface area contributed by atoms with Crippen molar-refractivity contribution in [1.82, 2.24) is 0 Å². The molecule has 136 valence electrons. The van der Waals surface area contributed by atoms with Crippen LogP contribution in [0.3, 0.4) is 0 Å². The van der Waals surface area contributed by atoms with Crippen molar-refractivity contribution < 1.29 is 33.3 Å². The predicted octanol–water partition coefficient (Wildman–Crippen LogP) is 1.42. The minimum Gasteiger partial charge on any atom is -0.465 e. The Morgan fingerprint density at radius 1 is 1.08 bits per heavy atom. The molecule has 3 rings (SSSR count). The zero-order valence-corrected chi connectivity index (χ0v) is 14.3. The largest absolute Gasteiger partial charge is 0.465 e. The number of carbonyl (C=O) groups is 3. The first-order valence-electron chi connectivity index (χ1n) is 8.41. The number of nitrogens with zero attached hydrogens (tertiary/aromatic N) is 1. The SMILES string of the molecule is COC(=O)C1=C(C(=O)OC)C2(CCC(=O)O2)OC1=NC1CCCCC1. The maximum absolute atomic E-state index is 12.3. The molecule has 25 heavy (non-hydrogen) atoms. The Labute approximate surface area is 145 Å². The van der Waals surface area contributed by atoms with Gasteiger partial charge in [0.25, 0.3) is 5.79 Å². The van der Waals surface area contributed by atoms with Crippen molar-refractivity contribution in [2.24, 2.45) is 4.99 Å². The standard InChI is InChI=1S/C17H21NO7/c1-22-15(20)12-13(16(21)23-2)17(9-8-11(19)24-17)25-14(12)18-10-6-4-3-5-7-10/h10H,3-9H2,1-2H3. The fourth-order valence-corrected chi connectivity index (χ4v) is 3.47. The number of esters is 3. The summed E-state index contributed by atoms with van der Waals surface area (Å²) in [6.45, 7) is 0. The van der Waals surface area contributed by atoms with Crippen LogP contribution < -0.4 is 0 Å². The lowest BCUT2D eigenvalue weighted by molar-refractivity contribution is -0.171. The van der Waals surface area contributed by atoms with Crippen molar-refractivity contribution in [3.8, 4) is 0 Å². The summed E-state index contributed by atoms with van der Waals surface area (Å²) in [5.74, 6) is -3.74. The van der Waals surface area contributed by atoms with E-state index in [4.69, 9.17) is 18.9 Å². The van der Waals surface area contributed by atoms with Gasteiger partial charge >= 0.3 is 17.9 Å². The van der Waals surface area contributed by atoms with Gasteiger partial charge < -0.3 is 18.9 Å². The Morgan fingerprint density at radius 3 is 2.32 bits per heavy atom. The van der Waals surface area contributed by atoms with Gasteiger partial charge in [-0.25, -0.2) is 14.6 Å².